The number of carbonyl (C=O) groups is 1. The molecule has 5 rings (SSSR count). The Hall–Kier alpha value is -4.69. The first-order valence-corrected chi connectivity index (χ1v) is 15.0. The number of hydrogen-bond donors (Lipinski definition) is 3. The number of allylic oxidation sites excluding steroid dienone is 3. The number of anilines is 2. The topological polar surface area (TPSA) is 103 Å². The van der Waals surface area contributed by atoms with Crippen LogP contribution >= 0.6 is 0 Å². The van der Waals surface area contributed by atoms with Crippen LogP contribution in [0.5, 0.6) is 0 Å². The molecule has 1 aliphatic rings. The van der Waals surface area contributed by atoms with Crippen molar-refractivity contribution in [2.75, 3.05) is 51.0 Å². The number of nitrogens with two attached hydrogens (primary N) is 1. The summed E-state index contributed by atoms with van der Waals surface area (Å²) in [6.07, 6.45) is 3.72. The maximum atomic E-state index is 9.06. The average Bonchev–Trinajstić information content (AvgIpc) is 3.41. The molecule has 8 nitrogen and oxygen atoms in total. The third-order valence-corrected chi connectivity index (χ3v) is 8.40. The lowest BCUT2D eigenvalue weighted by Crippen LogP contribution is -2.50. The van der Waals surface area contributed by atoms with E-state index in [1.54, 1.807) is 7.05 Å². The number of aliphatic imine (C=N–C) groups is 1. The predicted molar refractivity (Wildman–Crippen MR) is 188 cm³/mol. The lowest BCUT2D eigenvalue weighted by Gasteiger charge is -2.39. The van der Waals surface area contributed by atoms with Crippen LogP contribution in [0.3, 0.4) is 0 Å². The Labute approximate surface area is 261 Å². The van der Waals surface area contributed by atoms with Crippen molar-refractivity contribution < 1.29 is 4.79 Å². The molecule has 2 aromatic carbocycles. The van der Waals surface area contributed by atoms with Crippen molar-refractivity contribution in [3.63, 3.8) is 0 Å². The van der Waals surface area contributed by atoms with E-state index in [0.717, 1.165) is 81.3 Å². The minimum Gasteiger partial charge on any atom is -0.402 e. The third kappa shape index (κ3) is 6.76. The number of pyridine rings is 1. The van der Waals surface area contributed by atoms with Gasteiger partial charge in [0.2, 0.25) is 0 Å². The van der Waals surface area contributed by atoms with E-state index in [0.29, 0.717) is 12.3 Å². The number of piperazine rings is 1. The van der Waals surface area contributed by atoms with Gasteiger partial charge in [-0.2, -0.15) is 0 Å². The van der Waals surface area contributed by atoms with Gasteiger partial charge in [-0.05, 0) is 81.8 Å². The van der Waals surface area contributed by atoms with Gasteiger partial charge in [0.1, 0.15) is 11.9 Å². The largest absolute Gasteiger partial charge is 0.402 e. The summed E-state index contributed by atoms with van der Waals surface area (Å²) < 4.78 is 0. The van der Waals surface area contributed by atoms with Gasteiger partial charge >= 0.3 is 0 Å². The van der Waals surface area contributed by atoms with Gasteiger partial charge < -0.3 is 25.8 Å². The first-order valence-electron chi connectivity index (χ1n) is 15.0. The van der Waals surface area contributed by atoms with Crippen LogP contribution in [0.4, 0.5) is 11.4 Å². The molecular weight excluding hydrogens is 546 g/mol. The SMILES string of the molecule is C=CC=O.CN=C(C)/C(=C(/C)N)c1cnc2[nH]c(-c3ccc(N4CCN(C)[C@H](C)C4)cc3)c(-c3ccc(C)c(NC)c3)c2c1. The first-order chi connectivity index (χ1) is 21.1. The second kappa shape index (κ2) is 14.2. The molecule has 0 aliphatic carbocycles. The van der Waals surface area contributed by atoms with E-state index in [4.69, 9.17) is 15.5 Å². The van der Waals surface area contributed by atoms with Crippen LogP contribution in [0.1, 0.15) is 31.9 Å². The standard InChI is InChI=1S/C33H41N7.C3H4O/c1-20-8-9-25(17-29(20)36-6)31-28-16-26(30(22(3)34)23(4)35-5)18-37-33(28)38-32(31)24-10-12-27(13-11-24)40-15-14-39(7)21(2)19-40;1-2-3-4/h8-13,16-18,21,36H,14-15,19,34H2,1-7H3,(H,37,38);2-3H,1H2/b30-22+,35-23?;/t21-;/m1./s1. The first kappa shape index (κ1) is 32.2. The summed E-state index contributed by atoms with van der Waals surface area (Å²) in [6, 6.07) is 18.3. The van der Waals surface area contributed by atoms with Gasteiger partial charge in [0.25, 0.3) is 0 Å². The number of H-pyrrole nitrogens is 1. The number of likely N-dealkylation sites (N-methyl/N-ethyl adjacent to an activating group) is 1. The van der Waals surface area contributed by atoms with E-state index in [-0.39, 0.29) is 0 Å². The zero-order valence-electron chi connectivity index (χ0n) is 27.0. The Morgan fingerprint density at radius 3 is 2.41 bits per heavy atom. The van der Waals surface area contributed by atoms with Gasteiger partial charge in [0, 0.05) is 90.8 Å². The van der Waals surface area contributed by atoms with Crippen LogP contribution in [-0.4, -0.2) is 73.7 Å². The van der Waals surface area contributed by atoms with Crippen LogP contribution in [0, 0.1) is 6.92 Å². The van der Waals surface area contributed by atoms with Gasteiger partial charge in [-0.3, -0.25) is 9.79 Å². The summed E-state index contributed by atoms with van der Waals surface area (Å²) in [6.45, 7) is 14.6. The highest BCUT2D eigenvalue weighted by atomic mass is 16.1. The van der Waals surface area contributed by atoms with Gasteiger partial charge in [0.15, 0.2) is 0 Å². The van der Waals surface area contributed by atoms with Crippen molar-refractivity contribution in [2.45, 2.75) is 33.7 Å². The number of hydrogen-bond acceptors (Lipinski definition) is 7. The maximum absolute atomic E-state index is 9.06. The molecule has 0 amide bonds. The smallest absolute Gasteiger partial charge is 0.142 e. The summed E-state index contributed by atoms with van der Waals surface area (Å²) in [7, 11) is 5.96. The molecule has 0 saturated carbocycles. The molecule has 2 aromatic heterocycles. The molecule has 0 bridgehead atoms. The van der Waals surface area contributed by atoms with Crippen molar-refractivity contribution in [2.24, 2.45) is 10.7 Å². The second-order valence-electron chi connectivity index (χ2n) is 11.3. The van der Waals surface area contributed by atoms with Crippen molar-refractivity contribution in [1.82, 2.24) is 14.9 Å². The highest BCUT2D eigenvalue weighted by Gasteiger charge is 2.22. The number of nitrogens with zero attached hydrogens (tertiary/aromatic N) is 4. The predicted octanol–water partition coefficient (Wildman–Crippen LogP) is 6.54. The zero-order valence-corrected chi connectivity index (χ0v) is 27.0. The Balaban J connectivity index is 0.00000104. The lowest BCUT2D eigenvalue weighted by molar-refractivity contribution is -0.104. The minimum atomic E-state index is 0.536. The Bertz CT molecular complexity index is 1690. The third-order valence-electron chi connectivity index (χ3n) is 8.40. The molecule has 44 heavy (non-hydrogen) atoms. The lowest BCUT2D eigenvalue weighted by atomic mass is 9.95. The number of nitrogens with one attached hydrogen (secondary N) is 2. The van der Waals surface area contributed by atoms with E-state index in [9.17, 15) is 0 Å². The normalized spacial score (nSPS) is 16.2. The monoisotopic (exact) mass is 591 g/mol. The molecule has 1 atom stereocenters. The molecule has 8 heteroatoms. The van der Waals surface area contributed by atoms with E-state index < -0.39 is 0 Å². The fraction of sp³-hybridized carbons (Fsp3) is 0.306. The number of aromatic nitrogens is 2. The number of aromatic amines is 1. The maximum Gasteiger partial charge on any atom is 0.142 e. The van der Waals surface area contributed by atoms with Crippen molar-refractivity contribution >= 4 is 40.0 Å². The van der Waals surface area contributed by atoms with Crippen molar-refractivity contribution in [3.8, 4) is 22.4 Å². The fourth-order valence-corrected chi connectivity index (χ4v) is 5.73. The van der Waals surface area contributed by atoms with Gasteiger partial charge in [-0.15, -0.1) is 0 Å². The minimum absolute atomic E-state index is 0.536. The number of rotatable bonds is 7. The van der Waals surface area contributed by atoms with E-state index in [1.165, 1.54) is 17.3 Å². The van der Waals surface area contributed by atoms with Crippen LogP contribution in [0.15, 0.2) is 78.1 Å². The van der Waals surface area contributed by atoms with Crippen LogP contribution in [0.25, 0.3) is 39.0 Å². The van der Waals surface area contributed by atoms with Crippen LogP contribution in [-0.2, 0) is 4.79 Å². The number of aryl methyl sites for hydroxylation is 1. The molecule has 4 aromatic rings. The van der Waals surface area contributed by atoms with E-state index in [2.05, 4.69) is 101 Å². The van der Waals surface area contributed by atoms with Crippen molar-refractivity contribution in [3.05, 3.63) is 84.2 Å². The van der Waals surface area contributed by atoms with Gasteiger partial charge in [-0.25, -0.2) is 4.98 Å². The molecule has 1 aliphatic heterocycles. The summed E-state index contributed by atoms with van der Waals surface area (Å²) in [5.41, 5.74) is 18.7. The van der Waals surface area contributed by atoms with Gasteiger partial charge in [0.05, 0.1) is 5.69 Å². The Morgan fingerprint density at radius 1 is 1.14 bits per heavy atom. The molecule has 1 saturated heterocycles. The Morgan fingerprint density at radius 2 is 1.82 bits per heavy atom. The summed E-state index contributed by atoms with van der Waals surface area (Å²) >= 11 is 0. The quantitative estimate of drug-likeness (QED) is 0.128. The molecule has 0 unspecified atom stereocenters. The number of aldehydes is 1. The summed E-state index contributed by atoms with van der Waals surface area (Å²) in [5, 5.41) is 4.40. The summed E-state index contributed by atoms with van der Waals surface area (Å²) in [5.74, 6) is 0. The number of carbonyl (C=O) groups excluding carboxylic acids is 1. The molecule has 0 spiro atoms. The molecule has 230 valence electrons. The highest BCUT2D eigenvalue weighted by molar-refractivity contribution is 6.24. The van der Waals surface area contributed by atoms with Crippen LogP contribution in [0.2, 0.25) is 0 Å². The second-order valence-corrected chi connectivity index (χ2v) is 11.3. The van der Waals surface area contributed by atoms with Crippen LogP contribution < -0.4 is 16.0 Å². The van der Waals surface area contributed by atoms with E-state index in [1.807, 2.05) is 27.1 Å². The number of fused-ring (bicyclic) bond motifs is 1. The molecule has 3 heterocycles. The zero-order chi connectivity index (χ0) is 32.0. The summed E-state index contributed by atoms with van der Waals surface area (Å²) in [4.78, 5) is 26.9. The van der Waals surface area contributed by atoms with Crippen molar-refractivity contribution in [1.29, 1.82) is 0 Å². The molecule has 4 N–H and O–H groups in total. The Kier molecular flexibility index (Phi) is 10.4. The highest BCUT2D eigenvalue weighted by Crippen LogP contribution is 2.40. The molecular formula is C36H45N7O. The van der Waals surface area contributed by atoms with E-state index >= 15 is 0 Å². The molecule has 1 fully saturated rings. The van der Waals surface area contributed by atoms with Gasteiger partial charge in [-0.1, -0.05) is 30.8 Å². The number of benzene rings is 2. The average molecular weight is 592 g/mol. The fourth-order valence-electron chi connectivity index (χ4n) is 5.73. The molecule has 0 radical (unpaired) electrons.